The van der Waals surface area contributed by atoms with Crippen LogP contribution >= 0.6 is 0 Å². The Morgan fingerprint density at radius 3 is 1.69 bits per heavy atom. The van der Waals surface area contributed by atoms with Crippen molar-refractivity contribution < 1.29 is 14.4 Å². The second-order valence-electron chi connectivity index (χ2n) is 2.99. The molecule has 0 saturated heterocycles. The van der Waals surface area contributed by atoms with E-state index in [9.17, 15) is 4.39 Å². The van der Waals surface area contributed by atoms with E-state index >= 15 is 0 Å². The predicted molar refractivity (Wildman–Crippen MR) is 62.0 cm³/mol. The average Bonchev–Trinajstić information content (AvgIpc) is 2.32. The van der Waals surface area contributed by atoms with Gasteiger partial charge in [-0.15, -0.1) is 0 Å². The number of benzene rings is 2. The van der Waals surface area contributed by atoms with E-state index in [0.717, 1.165) is 11.1 Å². The van der Waals surface area contributed by atoms with E-state index in [2.05, 4.69) is 0 Å². The average molecular weight is 217 g/mol. The third-order valence-corrected chi connectivity index (χ3v) is 1.95. The smallest absolute Gasteiger partial charge is 0.429 e. The third-order valence-electron chi connectivity index (χ3n) is 1.95. The molecular formula is C12H11BFO2. The molecule has 2 nitrogen and oxygen atoms in total. The molecule has 0 atom stereocenters. The van der Waals surface area contributed by atoms with Crippen LogP contribution in [0.1, 0.15) is 0 Å². The molecule has 0 aliphatic rings. The Balaban J connectivity index is 0.000000386. The monoisotopic (exact) mass is 217 g/mol. The van der Waals surface area contributed by atoms with Gasteiger partial charge in [0.1, 0.15) is 5.82 Å². The van der Waals surface area contributed by atoms with Gasteiger partial charge in [0, 0.05) is 0 Å². The summed E-state index contributed by atoms with van der Waals surface area (Å²) in [5.41, 5.74) is 2.16. The Kier molecular flexibility index (Phi) is 5.26. The minimum atomic E-state index is -0.195. The van der Waals surface area contributed by atoms with E-state index in [1.807, 2.05) is 30.3 Å². The van der Waals surface area contributed by atoms with Gasteiger partial charge in [-0.1, -0.05) is 42.5 Å². The number of halogens is 1. The molecule has 0 heterocycles. The zero-order valence-corrected chi connectivity index (χ0v) is 8.55. The van der Waals surface area contributed by atoms with Crippen molar-refractivity contribution >= 4 is 7.69 Å². The first kappa shape index (κ1) is 12.4. The second kappa shape index (κ2) is 6.77. The van der Waals surface area contributed by atoms with Gasteiger partial charge in [-0.2, -0.15) is 0 Å². The molecule has 0 amide bonds. The quantitative estimate of drug-likeness (QED) is 0.717. The van der Waals surface area contributed by atoms with E-state index in [1.165, 1.54) is 12.1 Å². The summed E-state index contributed by atoms with van der Waals surface area (Å²) >= 11 is 0. The molecule has 2 aromatic carbocycles. The van der Waals surface area contributed by atoms with Gasteiger partial charge in [0.15, 0.2) is 0 Å². The molecule has 0 saturated carbocycles. The predicted octanol–water partition coefficient (Wildman–Crippen LogP) is 2.00. The van der Waals surface area contributed by atoms with E-state index in [1.54, 1.807) is 12.1 Å². The molecule has 2 rings (SSSR count). The minimum absolute atomic E-state index is 0. The molecule has 0 spiro atoms. The normalized spacial score (nSPS) is 8.94. The zero-order valence-electron chi connectivity index (χ0n) is 8.55. The van der Waals surface area contributed by atoms with Gasteiger partial charge in [-0.05, 0) is 23.3 Å². The Bertz CT molecular complexity index is 403. The molecule has 0 aromatic heterocycles. The molecule has 81 valence electrons. The Morgan fingerprint density at radius 1 is 0.750 bits per heavy atom. The van der Waals surface area contributed by atoms with Crippen molar-refractivity contribution in [1.82, 2.24) is 0 Å². The van der Waals surface area contributed by atoms with Crippen molar-refractivity contribution in [2.24, 2.45) is 0 Å². The van der Waals surface area contributed by atoms with Gasteiger partial charge in [0.2, 0.25) is 0 Å². The summed E-state index contributed by atoms with van der Waals surface area (Å²) in [6, 6.07) is 16.4. The van der Waals surface area contributed by atoms with Crippen LogP contribution in [0, 0.1) is 5.82 Å². The van der Waals surface area contributed by atoms with Gasteiger partial charge < -0.3 is 10.0 Å². The van der Waals surface area contributed by atoms with Crippen LogP contribution in [-0.2, 0) is 0 Å². The lowest BCUT2D eigenvalue weighted by molar-refractivity contribution is 0.448. The molecule has 0 bridgehead atoms. The van der Waals surface area contributed by atoms with E-state index in [0.29, 0.717) is 0 Å². The summed E-state index contributed by atoms with van der Waals surface area (Å²) in [6.07, 6.45) is 0. The molecular weight excluding hydrogens is 206 g/mol. The first-order valence-corrected chi connectivity index (χ1v) is 4.69. The Hall–Kier alpha value is -1.65. The SMILES string of the molecule is Fc1ccc(-c2ccccc2)cc1.O[B]O. The van der Waals surface area contributed by atoms with Crippen LogP contribution in [0.15, 0.2) is 54.6 Å². The van der Waals surface area contributed by atoms with E-state index in [-0.39, 0.29) is 13.5 Å². The summed E-state index contributed by atoms with van der Waals surface area (Å²) in [5.74, 6) is -0.195. The molecule has 16 heavy (non-hydrogen) atoms. The van der Waals surface area contributed by atoms with Crippen molar-refractivity contribution in [3.63, 3.8) is 0 Å². The highest BCUT2D eigenvalue weighted by molar-refractivity contribution is 6.13. The third kappa shape index (κ3) is 3.84. The first-order valence-electron chi connectivity index (χ1n) is 4.69. The van der Waals surface area contributed by atoms with Crippen LogP contribution in [-0.4, -0.2) is 17.7 Å². The van der Waals surface area contributed by atoms with Crippen LogP contribution in [0.3, 0.4) is 0 Å². The fraction of sp³-hybridized carbons (Fsp3) is 0. The van der Waals surface area contributed by atoms with Gasteiger partial charge >= 0.3 is 7.69 Å². The lowest BCUT2D eigenvalue weighted by atomic mass is 10.1. The molecule has 4 heteroatoms. The van der Waals surface area contributed by atoms with Crippen LogP contribution in [0.2, 0.25) is 0 Å². The summed E-state index contributed by atoms with van der Waals surface area (Å²) in [4.78, 5) is 0. The maximum atomic E-state index is 12.6. The van der Waals surface area contributed by atoms with Gasteiger partial charge in [-0.3, -0.25) is 0 Å². The van der Waals surface area contributed by atoms with E-state index < -0.39 is 0 Å². The van der Waals surface area contributed by atoms with Gasteiger partial charge in [0.05, 0.1) is 0 Å². The van der Waals surface area contributed by atoms with Crippen molar-refractivity contribution in [2.75, 3.05) is 0 Å². The molecule has 0 unspecified atom stereocenters. The highest BCUT2D eigenvalue weighted by atomic mass is 19.1. The van der Waals surface area contributed by atoms with Crippen molar-refractivity contribution in [3.8, 4) is 11.1 Å². The lowest BCUT2D eigenvalue weighted by Crippen LogP contribution is -1.77. The Morgan fingerprint density at radius 2 is 1.19 bits per heavy atom. The second-order valence-corrected chi connectivity index (χ2v) is 2.99. The van der Waals surface area contributed by atoms with Gasteiger partial charge in [0.25, 0.3) is 0 Å². The summed E-state index contributed by atoms with van der Waals surface area (Å²) < 4.78 is 12.6. The highest BCUT2D eigenvalue weighted by Gasteiger charge is 1.95. The van der Waals surface area contributed by atoms with Crippen LogP contribution in [0.4, 0.5) is 4.39 Å². The highest BCUT2D eigenvalue weighted by Crippen LogP contribution is 2.18. The maximum Gasteiger partial charge on any atom is 0.482 e. The standard InChI is InChI=1S/C12H9F.BH2O2/c13-12-8-6-11(7-9-12)10-4-2-1-3-5-10;2-1-3/h1-9H;2-3H. The van der Waals surface area contributed by atoms with Gasteiger partial charge in [-0.25, -0.2) is 4.39 Å². The summed E-state index contributed by atoms with van der Waals surface area (Å²) in [5, 5.41) is 14.0. The fourth-order valence-corrected chi connectivity index (χ4v) is 1.27. The fourth-order valence-electron chi connectivity index (χ4n) is 1.27. The zero-order chi connectivity index (χ0) is 11.8. The molecule has 1 radical (unpaired) electrons. The maximum absolute atomic E-state index is 12.6. The van der Waals surface area contributed by atoms with Crippen molar-refractivity contribution in [2.45, 2.75) is 0 Å². The number of hydrogen-bond acceptors (Lipinski definition) is 2. The molecule has 0 fully saturated rings. The molecule has 2 N–H and O–H groups in total. The summed E-state index contributed by atoms with van der Waals surface area (Å²) in [7, 11) is 0. The van der Waals surface area contributed by atoms with Crippen LogP contribution in [0.25, 0.3) is 11.1 Å². The minimum Gasteiger partial charge on any atom is -0.429 e. The summed E-state index contributed by atoms with van der Waals surface area (Å²) in [6.45, 7) is 0. The molecule has 0 aliphatic carbocycles. The van der Waals surface area contributed by atoms with Crippen molar-refractivity contribution in [1.29, 1.82) is 0 Å². The number of rotatable bonds is 1. The topological polar surface area (TPSA) is 40.5 Å². The first-order chi connectivity index (χ1) is 7.77. The lowest BCUT2D eigenvalue weighted by Gasteiger charge is -1.99. The van der Waals surface area contributed by atoms with E-state index in [4.69, 9.17) is 10.0 Å². The largest absolute Gasteiger partial charge is 0.482 e. The number of hydrogen-bond donors (Lipinski definition) is 2. The van der Waals surface area contributed by atoms with Crippen LogP contribution in [0.5, 0.6) is 0 Å². The molecule has 0 aliphatic heterocycles. The Labute approximate surface area is 94.3 Å². The molecule has 2 aromatic rings. The van der Waals surface area contributed by atoms with Crippen LogP contribution < -0.4 is 0 Å². The van der Waals surface area contributed by atoms with Crippen molar-refractivity contribution in [3.05, 3.63) is 60.4 Å².